The first kappa shape index (κ1) is 15.5. The van der Waals surface area contributed by atoms with Crippen LogP contribution in [0.2, 0.25) is 0 Å². The fourth-order valence-electron chi connectivity index (χ4n) is 3.22. The Hall–Kier alpha value is -2.41. The van der Waals surface area contributed by atoms with E-state index in [0.717, 1.165) is 24.3 Å². The van der Waals surface area contributed by atoms with E-state index in [1.165, 1.54) is 6.07 Å². The highest BCUT2D eigenvalue weighted by Crippen LogP contribution is 2.26. The number of carbonyl (C=O) groups excluding carboxylic acids is 1. The minimum Gasteiger partial charge on any atom is -0.346 e. The molecule has 2 aromatic heterocycles. The van der Waals surface area contributed by atoms with Crippen LogP contribution in [0.25, 0.3) is 0 Å². The number of H-pyrrole nitrogens is 1. The summed E-state index contributed by atoms with van der Waals surface area (Å²) < 4.78 is 1.98. The van der Waals surface area contributed by atoms with Crippen molar-refractivity contribution in [1.82, 2.24) is 24.8 Å². The molecular weight excluding hydrogens is 294 g/mol. The van der Waals surface area contributed by atoms with Crippen LogP contribution < -0.4 is 10.9 Å². The van der Waals surface area contributed by atoms with Crippen molar-refractivity contribution in [2.45, 2.75) is 18.9 Å². The van der Waals surface area contributed by atoms with E-state index < -0.39 is 0 Å². The number of likely N-dealkylation sites (tertiary alicyclic amines) is 1. The molecule has 23 heavy (non-hydrogen) atoms. The Morgan fingerprint density at radius 1 is 1.35 bits per heavy atom. The van der Waals surface area contributed by atoms with Crippen LogP contribution >= 0.6 is 0 Å². The molecule has 0 spiro atoms. The van der Waals surface area contributed by atoms with Crippen molar-refractivity contribution >= 4 is 5.91 Å². The largest absolute Gasteiger partial charge is 0.346 e. The van der Waals surface area contributed by atoms with Crippen LogP contribution in [-0.2, 0) is 7.05 Å². The van der Waals surface area contributed by atoms with Crippen molar-refractivity contribution in [3.8, 4) is 0 Å². The first-order valence-electron chi connectivity index (χ1n) is 7.60. The Balaban J connectivity index is 1.81. The van der Waals surface area contributed by atoms with Gasteiger partial charge in [0.2, 0.25) is 5.56 Å². The zero-order chi connectivity index (χ0) is 16.6. The Morgan fingerprint density at radius 2 is 2.13 bits per heavy atom. The molecule has 2 atom stereocenters. The number of nitrogens with one attached hydrogen (secondary N) is 2. The molecule has 0 saturated carbocycles. The summed E-state index contributed by atoms with van der Waals surface area (Å²) in [4.78, 5) is 33.0. The average Bonchev–Trinajstić information content (AvgIpc) is 3.03. The summed E-state index contributed by atoms with van der Waals surface area (Å²) in [5.74, 6) is -0.0775. The Morgan fingerprint density at radius 3 is 2.78 bits per heavy atom. The highest BCUT2D eigenvalue weighted by molar-refractivity contribution is 5.92. The molecule has 1 saturated heterocycles. The predicted octanol–water partition coefficient (Wildman–Crippen LogP) is 0.244. The number of rotatable bonds is 3. The van der Waals surface area contributed by atoms with E-state index in [1.54, 1.807) is 19.3 Å². The molecule has 0 radical (unpaired) electrons. The van der Waals surface area contributed by atoms with Gasteiger partial charge >= 0.3 is 0 Å². The van der Waals surface area contributed by atoms with Crippen molar-refractivity contribution in [3.63, 3.8) is 0 Å². The number of carbonyl (C=O) groups is 1. The van der Waals surface area contributed by atoms with Gasteiger partial charge in [-0.2, -0.15) is 0 Å². The molecule has 2 aromatic rings. The van der Waals surface area contributed by atoms with Crippen LogP contribution in [0.3, 0.4) is 0 Å². The summed E-state index contributed by atoms with van der Waals surface area (Å²) in [6.07, 6.45) is 3.61. The number of amides is 1. The maximum absolute atomic E-state index is 12.5. The molecule has 7 nitrogen and oxygen atoms in total. The minimum absolute atomic E-state index is 0.0214. The predicted molar refractivity (Wildman–Crippen MR) is 86.5 cm³/mol. The van der Waals surface area contributed by atoms with Gasteiger partial charge in [-0.25, -0.2) is 4.98 Å². The number of nitrogens with zero attached hydrogens (tertiary/aromatic N) is 3. The second kappa shape index (κ2) is 6.00. The van der Waals surface area contributed by atoms with Crippen molar-refractivity contribution in [3.05, 3.63) is 52.0 Å². The number of aromatic amines is 1. The number of imidazole rings is 1. The zero-order valence-corrected chi connectivity index (χ0v) is 13.5. The molecule has 3 rings (SSSR count). The number of hydrogen-bond donors (Lipinski definition) is 2. The SMILES string of the molecule is Cc1cc(C(=O)N[C@@H]2CN(C)C[C@H]2c2cncn2C)[nH]c(=O)c1. The van der Waals surface area contributed by atoms with E-state index in [1.807, 2.05) is 24.9 Å². The lowest BCUT2D eigenvalue weighted by Gasteiger charge is -2.20. The monoisotopic (exact) mass is 315 g/mol. The van der Waals surface area contributed by atoms with Gasteiger partial charge in [0.25, 0.3) is 5.91 Å². The first-order valence-corrected chi connectivity index (χ1v) is 7.60. The number of pyridine rings is 1. The molecule has 2 N–H and O–H groups in total. The Bertz CT molecular complexity index is 779. The topological polar surface area (TPSA) is 83.0 Å². The average molecular weight is 315 g/mol. The lowest BCUT2D eigenvalue weighted by Crippen LogP contribution is -2.40. The summed E-state index contributed by atoms with van der Waals surface area (Å²) in [7, 11) is 3.99. The van der Waals surface area contributed by atoms with Gasteiger partial charge in [0, 0.05) is 44.0 Å². The maximum Gasteiger partial charge on any atom is 0.268 e. The molecule has 7 heteroatoms. The smallest absolute Gasteiger partial charge is 0.268 e. The number of aryl methyl sites for hydroxylation is 2. The van der Waals surface area contributed by atoms with Crippen LogP contribution in [0.4, 0.5) is 0 Å². The molecular formula is C16H21N5O2. The third-order valence-electron chi connectivity index (χ3n) is 4.29. The Kier molecular flexibility index (Phi) is 4.04. The lowest BCUT2D eigenvalue weighted by atomic mass is 10.00. The van der Waals surface area contributed by atoms with Crippen LogP contribution in [0.15, 0.2) is 29.5 Å². The molecule has 0 unspecified atom stereocenters. The van der Waals surface area contributed by atoms with Crippen LogP contribution in [0.1, 0.15) is 27.7 Å². The van der Waals surface area contributed by atoms with Gasteiger partial charge in [-0.1, -0.05) is 0 Å². The van der Waals surface area contributed by atoms with E-state index in [-0.39, 0.29) is 23.4 Å². The van der Waals surface area contributed by atoms with Crippen molar-refractivity contribution in [2.24, 2.45) is 7.05 Å². The molecule has 0 aliphatic carbocycles. The van der Waals surface area contributed by atoms with Crippen LogP contribution in [0, 0.1) is 6.92 Å². The fraction of sp³-hybridized carbons (Fsp3) is 0.438. The molecule has 122 valence electrons. The van der Waals surface area contributed by atoms with Gasteiger partial charge in [0.15, 0.2) is 0 Å². The third-order valence-corrected chi connectivity index (χ3v) is 4.29. The molecule has 0 bridgehead atoms. The summed E-state index contributed by atoms with van der Waals surface area (Å²) >= 11 is 0. The van der Waals surface area contributed by atoms with Gasteiger partial charge in [-0.3, -0.25) is 9.59 Å². The van der Waals surface area contributed by atoms with Gasteiger partial charge in [-0.05, 0) is 25.6 Å². The first-order chi connectivity index (χ1) is 10.9. The molecule has 1 aliphatic heterocycles. The summed E-state index contributed by atoms with van der Waals surface area (Å²) in [6, 6.07) is 3.14. The summed E-state index contributed by atoms with van der Waals surface area (Å²) in [6.45, 7) is 3.42. The molecule has 1 amide bonds. The third kappa shape index (κ3) is 3.19. The van der Waals surface area contributed by atoms with E-state index in [0.29, 0.717) is 5.69 Å². The van der Waals surface area contributed by atoms with Crippen molar-refractivity contribution in [2.75, 3.05) is 20.1 Å². The fourth-order valence-corrected chi connectivity index (χ4v) is 3.22. The second-order valence-electron chi connectivity index (χ2n) is 6.27. The van der Waals surface area contributed by atoms with Crippen molar-refractivity contribution < 1.29 is 4.79 Å². The quantitative estimate of drug-likeness (QED) is 0.850. The molecule has 3 heterocycles. The van der Waals surface area contributed by atoms with E-state index in [4.69, 9.17) is 0 Å². The highest BCUT2D eigenvalue weighted by Gasteiger charge is 2.34. The van der Waals surface area contributed by atoms with Gasteiger partial charge in [-0.15, -0.1) is 0 Å². The molecule has 0 aromatic carbocycles. The second-order valence-corrected chi connectivity index (χ2v) is 6.27. The van der Waals surface area contributed by atoms with E-state index in [2.05, 4.69) is 20.2 Å². The Labute approximate surface area is 134 Å². The summed E-state index contributed by atoms with van der Waals surface area (Å²) in [5.41, 5.74) is 1.90. The maximum atomic E-state index is 12.5. The van der Waals surface area contributed by atoms with Crippen LogP contribution in [-0.4, -0.2) is 51.5 Å². The van der Waals surface area contributed by atoms with E-state index >= 15 is 0 Å². The van der Waals surface area contributed by atoms with Crippen LogP contribution in [0.5, 0.6) is 0 Å². The van der Waals surface area contributed by atoms with Crippen molar-refractivity contribution in [1.29, 1.82) is 0 Å². The lowest BCUT2D eigenvalue weighted by molar-refractivity contribution is 0.0930. The minimum atomic E-state index is -0.262. The van der Waals surface area contributed by atoms with Gasteiger partial charge < -0.3 is 19.8 Å². The van der Waals surface area contributed by atoms with Gasteiger partial charge in [0.1, 0.15) is 5.69 Å². The normalized spacial score (nSPS) is 21.5. The number of hydrogen-bond acceptors (Lipinski definition) is 4. The van der Waals surface area contributed by atoms with E-state index in [9.17, 15) is 9.59 Å². The highest BCUT2D eigenvalue weighted by atomic mass is 16.2. The number of aromatic nitrogens is 3. The summed E-state index contributed by atoms with van der Waals surface area (Å²) in [5, 5.41) is 3.05. The zero-order valence-electron chi connectivity index (χ0n) is 13.5. The standard InChI is InChI=1S/C16H21N5O2/c1-10-4-12(18-15(22)5-10)16(23)19-13-8-20(2)7-11(13)14-6-17-9-21(14)3/h4-6,9,11,13H,7-8H2,1-3H3,(H,18,22)(H,19,23)/t11-,13-/m1/s1. The molecule has 1 aliphatic rings. The molecule has 1 fully saturated rings. The van der Waals surface area contributed by atoms with Gasteiger partial charge in [0.05, 0.1) is 12.4 Å². The number of likely N-dealkylation sites (N-methyl/N-ethyl adjacent to an activating group) is 1.